The smallest absolute Gasteiger partial charge is 0.203 e. The molecule has 1 atom stereocenters. The third kappa shape index (κ3) is 2.88. The van der Waals surface area contributed by atoms with Crippen LogP contribution in [0.1, 0.15) is 24.4 Å². The predicted molar refractivity (Wildman–Crippen MR) is 71.1 cm³/mol. The number of hydrogen-bond donors (Lipinski definition) is 1. The van der Waals surface area contributed by atoms with Crippen LogP contribution in [0.3, 0.4) is 0 Å². The third-order valence-corrected chi connectivity index (χ3v) is 2.73. The summed E-state index contributed by atoms with van der Waals surface area (Å²) in [6.07, 6.45) is 6.57. The molecule has 1 aromatic rings. The first-order valence-corrected chi connectivity index (χ1v) is 5.67. The number of terminal acetylenes is 1. The molecule has 0 spiro atoms. The lowest BCUT2D eigenvalue weighted by Crippen LogP contribution is -2.12. The van der Waals surface area contributed by atoms with Crippen LogP contribution >= 0.6 is 0 Å². The number of nitrogens with two attached hydrogens (primary N) is 1. The van der Waals surface area contributed by atoms with Crippen molar-refractivity contribution in [1.29, 1.82) is 0 Å². The Morgan fingerprint density at radius 3 is 2.33 bits per heavy atom. The minimum Gasteiger partial charge on any atom is -0.493 e. The first-order valence-electron chi connectivity index (χ1n) is 5.67. The zero-order chi connectivity index (χ0) is 13.5. The average molecular weight is 249 g/mol. The SMILES string of the molecule is C#CCCC(N)c1ccc(OC)c(OC)c1OC. The fourth-order valence-electron chi connectivity index (χ4n) is 1.81. The summed E-state index contributed by atoms with van der Waals surface area (Å²) in [6.45, 7) is 0. The molecule has 0 aromatic heterocycles. The quantitative estimate of drug-likeness (QED) is 0.785. The van der Waals surface area contributed by atoms with Crippen LogP contribution in [0.15, 0.2) is 12.1 Å². The highest BCUT2D eigenvalue weighted by Gasteiger charge is 2.19. The normalized spacial score (nSPS) is 11.5. The van der Waals surface area contributed by atoms with Crippen molar-refractivity contribution in [2.24, 2.45) is 5.73 Å². The van der Waals surface area contributed by atoms with Gasteiger partial charge >= 0.3 is 0 Å². The molecule has 4 heteroatoms. The second-order valence-electron chi connectivity index (χ2n) is 3.77. The molecular weight excluding hydrogens is 230 g/mol. The molecule has 0 fully saturated rings. The van der Waals surface area contributed by atoms with E-state index in [4.69, 9.17) is 26.4 Å². The fourth-order valence-corrected chi connectivity index (χ4v) is 1.81. The van der Waals surface area contributed by atoms with E-state index < -0.39 is 0 Å². The summed E-state index contributed by atoms with van der Waals surface area (Å²) < 4.78 is 15.9. The van der Waals surface area contributed by atoms with Crippen LogP contribution in [0, 0.1) is 12.3 Å². The summed E-state index contributed by atoms with van der Waals surface area (Å²) in [5.74, 6) is 4.34. The zero-order valence-electron chi connectivity index (χ0n) is 11.0. The lowest BCUT2D eigenvalue weighted by Gasteiger charge is -2.19. The van der Waals surface area contributed by atoms with E-state index in [9.17, 15) is 0 Å². The van der Waals surface area contributed by atoms with Crippen LogP contribution < -0.4 is 19.9 Å². The maximum absolute atomic E-state index is 6.10. The van der Waals surface area contributed by atoms with Gasteiger partial charge in [0.25, 0.3) is 0 Å². The van der Waals surface area contributed by atoms with Crippen LogP contribution in [-0.4, -0.2) is 21.3 Å². The van der Waals surface area contributed by atoms with E-state index in [0.29, 0.717) is 30.1 Å². The molecular formula is C14H19NO3. The van der Waals surface area contributed by atoms with Gasteiger partial charge in [0, 0.05) is 18.0 Å². The molecule has 1 unspecified atom stereocenters. The van der Waals surface area contributed by atoms with Gasteiger partial charge in [-0.25, -0.2) is 0 Å². The number of hydrogen-bond acceptors (Lipinski definition) is 4. The highest BCUT2D eigenvalue weighted by molar-refractivity contribution is 5.56. The van der Waals surface area contributed by atoms with E-state index in [1.165, 1.54) is 0 Å². The highest BCUT2D eigenvalue weighted by Crippen LogP contribution is 2.42. The van der Waals surface area contributed by atoms with Crippen LogP contribution in [0.25, 0.3) is 0 Å². The lowest BCUT2D eigenvalue weighted by atomic mass is 10.0. The fraction of sp³-hybridized carbons (Fsp3) is 0.429. The Balaban J connectivity index is 3.16. The molecule has 0 saturated heterocycles. The van der Waals surface area contributed by atoms with Gasteiger partial charge in [-0.2, -0.15) is 0 Å². The topological polar surface area (TPSA) is 53.7 Å². The van der Waals surface area contributed by atoms with Crippen LogP contribution in [0.5, 0.6) is 17.2 Å². The molecule has 4 nitrogen and oxygen atoms in total. The summed E-state index contributed by atoms with van der Waals surface area (Å²) in [5, 5.41) is 0. The molecule has 98 valence electrons. The molecule has 0 aliphatic heterocycles. The van der Waals surface area contributed by atoms with Gasteiger partial charge < -0.3 is 19.9 Å². The lowest BCUT2D eigenvalue weighted by molar-refractivity contribution is 0.320. The molecule has 1 rings (SSSR count). The molecule has 0 aliphatic rings. The Labute approximate surface area is 108 Å². The van der Waals surface area contributed by atoms with E-state index in [1.807, 2.05) is 12.1 Å². The molecule has 0 radical (unpaired) electrons. The van der Waals surface area contributed by atoms with Gasteiger partial charge in [0.2, 0.25) is 5.75 Å². The summed E-state index contributed by atoms with van der Waals surface area (Å²) in [7, 11) is 4.72. The van der Waals surface area contributed by atoms with Gasteiger partial charge in [-0.15, -0.1) is 12.3 Å². The van der Waals surface area contributed by atoms with E-state index >= 15 is 0 Å². The van der Waals surface area contributed by atoms with Gasteiger partial charge in [0.15, 0.2) is 11.5 Å². The molecule has 2 N–H and O–H groups in total. The average Bonchev–Trinajstić information content (AvgIpc) is 2.42. The second kappa shape index (κ2) is 6.77. The van der Waals surface area contributed by atoms with Crippen LogP contribution in [0.4, 0.5) is 0 Å². The van der Waals surface area contributed by atoms with Crippen molar-refractivity contribution in [3.8, 4) is 29.6 Å². The Morgan fingerprint density at radius 1 is 1.17 bits per heavy atom. The number of ether oxygens (including phenoxy) is 3. The Hall–Kier alpha value is -1.86. The zero-order valence-corrected chi connectivity index (χ0v) is 11.0. The van der Waals surface area contributed by atoms with Crippen molar-refractivity contribution in [2.75, 3.05) is 21.3 Å². The summed E-state index contributed by atoms with van der Waals surface area (Å²) in [5.41, 5.74) is 6.97. The van der Waals surface area contributed by atoms with E-state index in [1.54, 1.807) is 21.3 Å². The molecule has 0 saturated carbocycles. The number of benzene rings is 1. The van der Waals surface area contributed by atoms with Crippen molar-refractivity contribution >= 4 is 0 Å². The predicted octanol–water partition coefficient (Wildman–Crippen LogP) is 2.13. The first-order chi connectivity index (χ1) is 8.69. The Kier molecular flexibility index (Phi) is 5.34. The molecule has 0 heterocycles. The molecule has 0 amide bonds. The van der Waals surface area contributed by atoms with Gasteiger partial charge in [0.05, 0.1) is 21.3 Å². The first kappa shape index (κ1) is 14.2. The van der Waals surface area contributed by atoms with Gasteiger partial charge in [-0.1, -0.05) is 0 Å². The van der Waals surface area contributed by atoms with E-state index in [2.05, 4.69) is 5.92 Å². The maximum atomic E-state index is 6.10. The van der Waals surface area contributed by atoms with Crippen molar-refractivity contribution in [2.45, 2.75) is 18.9 Å². The monoisotopic (exact) mass is 249 g/mol. The molecule has 18 heavy (non-hydrogen) atoms. The van der Waals surface area contributed by atoms with Gasteiger partial charge in [0.1, 0.15) is 0 Å². The molecule has 1 aromatic carbocycles. The van der Waals surface area contributed by atoms with Gasteiger partial charge in [-0.3, -0.25) is 0 Å². The van der Waals surface area contributed by atoms with E-state index in [-0.39, 0.29) is 6.04 Å². The van der Waals surface area contributed by atoms with E-state index in [0.717, 1.165) is 5.56 Å². The highest BCUT2D eigenvalue weighted by atomic mass is 16.5. The van der Waals surface area contributed by atoms with Crippen molar-refractivity contribution in [3.63, 3.8) is 0 Å². The van der Waals surface area contributed by atoms with Crippen molar-refractivity contribution < 1.29 is 14.2 Å². The summed E-state index contributed by atoms with van der Waals surface area (Å²) in [4.78, 5) is 0. The second-order valence-corrected chi connectivity index (χ2v) is 3.77. The molecule has 0 bridgehead atoms. The summed E-state index contributed by atoms with van der Waals surface area (Å²) >= 11 is 0. The van der Waals surface area contributed by atoms with Crippen molar-refractivity contribution in [3.05, 3.63) is 17.7 Å². The van der Waals surface area contributed by atoms with Crippen LogP contribution in [-0.2, 0) is 0 Å². The van der Waals surface area contributed by atoms with Crippen LogP contribution in [0.2, 0.25) is 0 Å². The van der Waals surface area contributed by atoms with Crippen molar-refractivity contribution in [1.82, 2.24) is 0 Å². The minimum absolute atomic E-state index is 0.184. The molecule has 0 aliphatic carbocycles. The third-order valence-electron chi connectivity index (χ3n) is 2.73. The number of rotatable bonds is 6. The Morgan fingerprint density at radius 2 is 1.83 bits per heavy atom. The maximum Gasteiger partial charge on any atom is 0.203 e. The standard InChI is InChI=1S/C14H19NO3/c1-5-6-7-11(15)10-8-9-12(16-2)14(18-4)13(10)17-3/h1,8-9,11H,6-7,15H2,2-4H3. The summed E-state index contributed by atoms with van der Waals surface area (Å²) in [6, 6.07) is 3.50. The van der Waals surface area contributed by atoms with Gasteiger partial charge in [-0.05, 0) is 18.6 Å². The number of methoxy groups -OCH3 is 3. The largest absolute Gasteiger partial charge is 0.493 e. The Bertz CT molecular complexity index is 437. The minimum atomic E-state index is -0.184.